The van der Waals surface area contributed by atoms with E-state index in [0.717, 1.165) is 44.8 Å². The van der Waals surface area contributed by atoms with Gasteiger partial charge in [-0.3, -0.25) is 4.79 Å². The van der Waals surface area contributed by atoms with E-state index in [2.05, 4.69) is 24.1 Å². The standard InChI is InChI=1S/C25H38N2O4/c1-25(2)17-18(12-15-30-25)26-24(28)22-16-21(29-3)8-9-23(22)31-20-10-13-27(14-11-20)19-6-4-5-7-19/h8-9,16,18-20H,4-7,10-15,17H2,1-3H3,(H,26,28). The Morgan fingerprint density at radius 2 is 1.87 bits per heavy atom. The maximum Gasteiger partial charge on any atom is 0.255 e. The summed E-state index contributed by atoms with van der Waals surface area (Å²) in [5.41, 5.74) is 0.346. The predicted molar refractivity (Wildman–Crippen MR) is 121 cm³/mol. The van der Waals surface area contributed by atoms with Crippen molar-refractivity contribution in [2.45, 2.75) is 89.0 Å². The van der Waals surface area contributed by atoms with Gasteiger partial charge in [0.05, 0.1) is 18.3 Å². The molecule has 1 aliphatic carbocycles. The number of hydrogen-bond donors (Lipinski definition) is 1. The maximum atomic E-state index is 13.2. The first-order valence-electron chi connectivity index (χ1n) is 12.0. The highest BCUT2D eigenvalue weighted by atomic mass is 16.5. The Labute approximate surface area is 186 Å². The first kappa shape index (κ1) is 22.4. The number of amides is 1. The van der Waals surface area contributed by atoms with Crippen LogP contribution in [0.5, 0.6) is 11.5 Å². The molecule has 6 nitrogen and oxygen atoms in total. The Morgan fingerprint density at radius 3 is 2.55 bits per heavy atom. The van der Waals surface area contributed by atoms with Gasteiger partial charge in [0.2, 0.25) is 0 Å². The van der Waals surface area contributed by atoms with E-state index in [1.807, 2.05) is 12.1 Å². The molecule has 0 aromatic heterocycles. The number of likely N-dealkylation sites (tertiary alicyclic amines) is 1. The van der Waals surface area contributed by atoms with Crippen LogP contribution in [0.3, 0.4) is 0 Å². The average molecular weight is 431 g/mol. The summed E-state index contributed by atoms with van der Waals surface area (Å²) in [7, 11) is 1.62. The van der Waals surface area contributed by atoms with Crippen LogP contribution in [0.4, 0.5) is 0 Å². The third-order valence-electron chi connectivity index (χ3n) is 7.07. The summed E-state index contributed by atoms with van der Waals surface area (Å²) in [4.78, 5) is 15.8. The molecule has 1 unspecified atom stereocenters. The average Bonchev–Trinajstić information content (AvgIpc) is 3.29. The van der Waals surface area contributed by atoms with Crippen molar-refractivity contribution in [3.63, 3.8) is 0 Å². The number of piperidine rings is 1. The summed E-state index contributed by atoms with van der Waals surface area (Å²) in [5, 5.41) is 3.20. The Hall–Kier alpha value is -1.79. The normalized spacial score (nSPS) is 25.3. The van der Waals surface area contributed by atoms with Crippen LogP contribution in [0.25, 0.3) is 0 Å². The Kier molecular flexibility index (Phi) is 7.07. The van der Waals surface area contributed by atoms with Crippen LogP contribution in [0, 0.1) is 0 Å². The molecule has 2 heterocycles. The Balaban J connectivity index is 1.40. The summed E-state index contributed by atoms with van der Waals surface area (Å²) in [6.45, 7) is 6.99. The van der Waals surface area contributed by atoms with Crippen LogP contribution in [-0.2, 0) is 4.74 Å². The number of nitrogens with zero attached hydrogens (tertiary/aromatic N) is 1. The van der Waals surface area contributed by atoms with Gasteiger partial charge in [-0.2, -0.15) is 0 Å². The molecule has 172 valence electrons. The van der Waals surface area contributed by atoms with Crippen LogP contribution in [-0.4, -0.2) is 61.4 Å². The highest BCUT2D eigenvalue weighted by Gasteiger charge is 2.31. The van der Waals surface area contributed by atoms with Gasteiger partial charge >= 0.3 is 0 Å². The molecule has 1 saturated carbocycles. The zero-order valence-corrected chi connectivity index (χ0v) is 19.3. The van der Waals surface area contributed by atoms with E-state index in [9.17, 15) is 4.79 Å². The summed E-state index contributed by atoms with van der Waals surface area (Å²) < 4.78 is 17.6. The zero-order chi connectivity index (χ0) is 21.8. The van der Waals surface area contributed by atoms with E-state index in [-0.39, 0.29) is 23.7 Å². The van der Waals surface area contributed by atoms with Gasteiger partial charge in [0, 0.05) is 31.8 Å². The molecule has 0 spiro atoms. The lowest BCUT2D eigenvalue weighted by atomic mass is 9.93. The topological polar surface area (TPSA) is 60.0 Å². The molecule has 4 rings (SSSR count). The quantitative estimate of drug-likeness (QED) is 0.734. The summed E-state index contributed by atoms with van der Waals surface area (Å²) in [5.74, 6) is 1.23. The highest BCUT2D eigenvalue weighted by Crippen LogP contribution is 2.31. The van der Waals surface area contributed by atoms with Gasteiger partial charge in [0.15, 0.2) is 0 Å². The second kappa shape index (κ2) is 9.78. The number of carbonyl (C=O) groups is 1. The fourth-order valence-electron chi connectivity index (χ4n) is 5.34. The van der Waals surface area contributed by atoms with Crippen LogP contribution in [0.2, 0.25) is 0 Å². The molecule has 1 aromatic rings. The number of hydrogen-bond acceptors (Lipinski definition) is 5. The van der Waals surface area contributed by atoms with Crippen LogP contribution in [0.15, 0.2) is 18.2 Å². The van der Waals surface area contributed by atoms with E-state index in [1.165, 1.54) is 25.7 Å². The summed E-state index contributed by atoms with van der Waals surface area (Å²) >= 11 is 0. The lowest BCUT2D eigenvalue weighted by Crippen LogP contribution is -2.46. The molecule has 0 bridgehead atoms. The molecule has 2 aliphatic heterocycles. The fourth-order valence-corrected chi connectivity index (χ4v) is 5.34. The summed E-state index contributed by atoms with van der Waals surface area (Å²) in [6, 6.07) is 6.42. The molecule has 1 atom stereocenters. The minimum atomic E-state index is -0.211. The Morgan fingerprint density at radius 1 is 1.13 bits per heavy atom. The lowest BCUT2D eigenvalue weighted by molar-refractivity contribution is -0.0615. The minimum absolute atomic E-state index is 0.0972. The smallest absolute Gasteiger partial charge is 0.255 e. The van der Waals surface area contributed by atoms with Crippen molar-refractivity contribution in [3.8, 4) is 11.5 Å². The second-order valence-corrected chi connectivity index (χ2v) is 9.92. The highest BCUT2D eigenvalue weighted by molar-refractivity contribution is 5.97. The van der Waals surface area contributed by atoms with Crippen LogP contribution in [0.1, 0.15) is 75.6 Å². The van der Waals surface area contributed by atoms with Gasteiger partial charge < -0.3 is 24.4 Å². The third kappa shape index (κ3) is 5.72. The molecule has 0 radical (unpaired) electrons. The van der Waals surface area contributed by atoms with Gasteiger partial charge in [0.1, 0.15) is 17.6 Å². The van der Waals surface area contributed by atoms with Gasteiger partial charge in [-0.1, -0.05) is 12.8 Å². The maximum absolute atomic E-state index is 13.2. The monoisotopic (exact) mass is 430 g/mol. The van der Waals surface area contributed by atoms with Gasteiger partial charge in [-0.05, 0) is 70.6 Å². The number of carbonyl (C=O) groups excluding carboxylic acids is 1. The molecular weight excluding hydrogens is 392 g/mol. The van der Waals surface area contributed by atoms with Crippen molar-refractivity contribution < 1.29 is 19.0 Å². The summed E-state index contributed by atoms with van der Waals surface area (Å²) in [6.07, 6.45) is 9.24. The van der Waals surface area contributed by atoms with Gasteiger partial charge in [0.25, 0.3) is 5.91 Å². The number of ether oxygens (including phenoxy) is 3. The fraction of sp³-hybridized carbons (Fsp3) is 0.720. The zero-order valence-electron chi connectivity index (χ0n) is 19.3. The van der Waals surface area contributed by atoms with Crippen molar-refractivity contribution in [2.75, 3.05) is 26.8 Å². The molecule has 1 aromatic carbocycles. The molecule has 6 heteroatoms. The second-order valence-electron chi connectivity index (χ2n) is 9.92. The lowest BCUT2D eigenvalue weighted by Gasteiger charge is -2.36. The van der Waals surface area contributed by atoms with Gasteiger partial charge in [-0.15, -0.1) is 0 Å². The van der Waals surface area contributed by atoms with Gasteiger partial charge in [-0.25, -0.2) is 0 Å². The van der Waals surface area contributed by atoms with Crippen molar-refractivity contribution in [3.05, 3.63) is 23.8 Å². The Bertz CT molecular complexity index is 752. The first-order chi connectivity index (χ1) is 14.9. The first-order valence-corrected chi connectivity index (χ1v) is 12.0. The van der Waals surface area contributed by atoms with E-state index in [4.69, 9.17) is 14.2 Å². The minimum Gasteiger partial charge on any atom is -0.497 e. The number of benzene rings is 1. The van der Waals surface area contributed by atoms with Crippen molar-refractivity contribution >= 4 is 5.91 Å². The van der Waals surface area contributed by atoms with E-state index >= 15 is 0 Å². The molecule has 31 heavy (non-hydrogen) atoms. The molecular formula is C25H38N2O4. The molecule has 1 N–H and O–H groups in total. The molecule has 1 amide bonds. The van der Waals surface area contributed by atoms with Crippen LogP contribution < -0.4 is 14.8 Å². The number of methoxy groups -OCH3 is 1. The van der Waals surface area contributed by atoms with Crippen molar-refractivity contribution in [1.82, 2.24) is 10.2 Å². The van der Waals surface area contributed by atoms with Crippen LogP contribution >= 0.6 is 0 Å². The molecule has 3 aliphatic rings. The van der Waals surface area contributed by atoms with E-state index in [1.54, 1.807) is 13.2 Å². The SMILES string of the molecule is COc1ccc(OC2CCN(C3CCCC3)CC2)c(C(=O)NC2CCOC(C)(C)C2)c1. The molecule has 3 fully saturated rings. The largest absolute Gasteiger partial charge is 0.497 e. The number of nitrogens with one attached hydrogen (secondary N) is 1. The van der Waals surface area contributed by atoms with E-state index < -0.39 is 0 Å². The van der Waals surface area contributed by atoms with E-state index in [0.29, 0.717) is 23.7 Å². The number of rotatable bonds is 6. The third-order valence-corrected chi connectivity index (χ3v) is 7.07. The van der Waals surface area contributed by atoms with Crippen molar-refractivity contribution in [2.24, 2.45) is 0 Å². The predicted octanol–water partition coefficient (Wildman–Crippen LogP) is 4.17. The molecule has 2 saturated heterocycles. The van der Waals surface area contributed by atoms with Crippen molar-refractivity contribution in [1.29, 1.82) is 0 Å².